The van der Waals surface area contributed by atoms with Gasteiger partial charge in [0.1, 0.15) is 5.60 Å². The topological polar surface area (TPSA) is 57.0 Å². The lowest BCUT2D eigenvalue weighted by molar-refractivity contribution is 0.0543. The van der Waals surface area contributed by atoms with E-state index in [1.807, 2.05) is 20.8 Å². The molecule has 0 spiro atoms. The van der Waals surface area contributed by atoms with E-state index in [4.69, 9.17) is 4.74 Å². The molecule has 0 radical (unpaired) electrons. The molecule has 0 atom stereocenters. The van der Waals surface area contributed by atoms with Crippen molar-refractivity contribution in [3.63, 3.8) is 0 Å². The molecule has 0 fully saturated rings. The molecule has 2 rings (SSSR count). The molecular weight excluding hydrogens is 206 g/mol. The largest absolute Gasteiger partial charge is 0.443 e. The molecule has 2 heterocycles. The molecule has 0 unspecified atom stereocenters. The van der Waals surface area contributed by atoms with Gasteiger partial charge >= 0.3 is 6.09 Å². The number of aromatic nitrogens is 3. The van der Waals surface area contributed by atoms with Crippen molar-refractivity contribution >= 4 is 17.1 Å². The summed E-state index contributed by atoms with van der Waals surface area (Å²) in [4.78, 5) is 11.8. The van der Waals surface area contributed by atoms with Gasteiger partial charge in [-0.05, 0) is 32.9 Å². The van der Waals surface area contributed by atoms with Gasteiger partial charge in [0.05, 0.1) is 6.20 Å². The zero-order valence-corrected chi connectivity index (χ0v) is 9.47. The minimum absolute atomic E-state index is 0.442. The third-order valence-electron chi connectivity index (χ3n) is 1.95. The second-order valence-electron chi connectivity index (χ2n) is 4.48. The van der Waals surface area contributed by atoms with Crippen LogP contribution in [0.15, 0.2) is 24.5 Å². The van der Waals surface area contributed by atoms with Crippen molar-refractivity contribution in [1.29, 1.82) is 0 Å². The molecule has 0 saturated heterocycles. The Morgan fingerprint density at radius 3 is 2.81 bits per heavy atom. The summed E-state index contributed by atoms with van der Waals surface area (Å²) in [6, 6.07) is 3.59. The van der Waals surface area contributed by atoms with E-state index in [1.165, 1.54) is 4.57 Å². The van der Waals surface area contributed by atoms with Gasteiger partial charge in [-0.1, -0.05) is 0 Å². The number of hydrogen-bond acceptors (Lipinski definition) is 4. The first-order chi connectivity index (χ1) is 7.47. The van der Waals surface area contributed by atoms with Crippen LogP contribution in [-0.2, 0) is 4.74 Å². The van der Waals surface area contributed by atoms with Gasteiger partial charge in [-0.3, -0.25) is 0 Å². The lowest BCUT2D eigenvalue weighted by Gasteiger charge is -2.19. The van der Waals surface area contributed by atoms with Crippen LogP contribution in [0.1, 0.15) is 20.8 Å². The minimum Gasteiger partial charge on any atom is -0.443 e. The van der Waals surface area contributed by atoms with Crippen LogP contribution in [0.2, 0.25) is 0 Å². The predicted molar refractivity (Wildman–Crippen MR) is 59.2 cm³/mol. The van der Waals surface area contributed by atoms with Crippen LogP contribution in [0.5, 0.6) is 0 Å². The maximum absolute atomic E-state index is 11.8. The molecule has 0 aliphatic rings. The number of hydrogen-bond donors (Lipinski definition) is 0. The lowest BCUT2D eigenvalue weighted by atomic mass is 10.2. The monoisotopic (exact) mass is 219 g/mol. The standard InChI is InChI=1S/C11H13N3O2/c1-11(2,3)16-10(15)14-7-5-8-4-6-12-13-9(8)14/h4-7H,1-3H3. The third kappa shape index (κ3) is 2.03. The number of carbonyl (C=O) groups is 1. The van der Waals surface area contributed by atoms with E-state index < -0.39 is 11.7 Å². The first-order valence-corrected chi connectivity index (χ1v) is 4.99. The number of nitrogens with zero attached hydrogens (tertiary/aromatic N) is 3. The van der Waals surface area contributed by atoms with Gasteiger partial charge in [-0.25, -0.2) is 9.36 Å². The molecule has 84 valence electrons. The summed E-state index contributed by atoms with van der Waals surface area (Å²) in [6.45, 7) is 5.47. The molecule has 2 aromatic heterocycles. The summed E-state index contributed by atoms with van der Waals surface area (Å²) >= 11 is 0. The summed E-state index contributed by atoms with van der Waals surface area (Å²) in [6.07, 6.45) is 2.78. The van der Waals surface area contributed by atoms with Gasteiger partial charge in [0, 0.05) is 11.6 Å². The van der Waals surface area contributed by atoms with Crippen molar-refractivity contribution in [2.45, 2.75) is 26.4 Å². The smallest absolute Gasteiger partial charge is 0.420 e. The SMILES string of the molecule is CC(C)(C)OC(=O)n1ccc2ccnnc21. The summed E-state index contributed by atoms with van der Waals surface area (Å²) in [5, 5.41) is 8.51. The Morgan fingerprint density at radius 1 is 1.38 bits per heavy atom. The van der Waals surface area contributed by atoms with Crippen LogP contribution in [0.3, 0.4) is 0 Å². The molecule has 5 nitrogen and oxygen atoms in total. The van der Waals surface area contributed by atoms with Gasteiger partial charge in [0.2, 0.25) is 0 Å². The average molecular weight is 219 g/mol. The summed E-state index contributed by atoms with van der Waals surface area (Å²) < 4.78 is 6.60. The van der Waals surface area contributed by atoms with E-state index in [-0.39, 0.29) is 0 Å². The van der Waals surface area contributed by atoms with E-state index >= 15 is 0 Å². The fourth-order valence-corrected chi connectivity index (χ4v) is 1.34. The fourth-order valence-electron chi connectivity index (χ4n) is 1.34. The Hall–Kier alpha value is -1.91. The second kappa shape index (κ2) is 3.59. The Balaban J connectivity index is 2.37. The average Bonchev–Trinajstić information content (AvgIpc) is 2.58. The quantitative estimate of drug-likeness (QED) is 0.681. The van der Waals surface area contributed by atoms with E-state index in [9.17, 15) is 4.79 Å². The number of fused-ring (bicyclic) bond motifs is 1. The van der Waals surface area contributed by atoms with Crippen LogP contribution in [0.25, 0.3) is 11.0 Å². The summed E-state index contributed by atoms with van der Waals surface area (Å²) in [5.74, 6) is 0. The van der Waals surface area contributed by atoms with Gasteiger partial charge in [0.15, 0.2) is 5.65 Å². The molecule has 0 bridgehead atoms. The summed E-state index contributed by atoms with van der Waals surface area (Å²) in [7, 11) is 0. The lowest BCUT2D eigenvalue weighted by Crippen LogP contribution is -2.26. The van der Waals surface area contributed by atoms with Crippen LogP contribution in [0, 0.1) is 0 Å². The molecule has 2 aromatic rings. The van der Waals surface area contributed by atoms with Crippen LogP contribution in [0.4, 0.5) is 4.79 Å². The maximum atomic E-state index is 11.8. The fraction of sp³-hybridized carbons (Fsp3) is 0.364. The molecule has 0 saturated carbocycles. The van der Waals surface area contributed by atoms with E-state index in [1.54, 1.807) is 24.5 Å². The van der Waals surface area contributed by atoms with Crippen molar-refractivity contribution in [3.05, 3.63) is 24.5 Å². The third-order valence-corrected chi connectivity index (χ3v) is 1.95. The van der Waals surface area contributed by atoms with Crippen molar-refractivity contribution < 1.29 is 9.53 Å². The first-order valence-electron chi connectivity index (χ1n) is 4.99. The minimum atomic E-state index is -0.518. The Kier molecular flexibility index (Phi) is 2.38. The van der Waals surface area contributed by atoms with Crippen molar-refractivity contribution in [1.82, 2.24) is 14.8 Å². The normalized spacial score (nSPS) is 11.7. The Bertz CT molecular complexity index is 525. The van der Waals surface area contributed by atoms with Gasteiger partial charge in [0.25, 0.3) is 0 Å². The van der Waals surface area contributed by atoms with Crippen LogP contribution < -0.4 is 0 Å². The zero-order valence-electron chi connectivity index (χ0n) is 9.47. The second-order valence-corrected chi connectivity index (χ2v) is 4.48. The number of rotatable bonds is 0. The molecule has 0 aliphatic heterocycles. The van der Waals surface area contributed by atoms with Crippen LogP contribution >= 0.6 is 0 Å². The van der Waals surface area contributed by atoms with Gasteiger partial charge < -0.3 is 4.74 Å². The Labute approximate surface area is 93.0 Å². The Morgan fingerprint density at radius 2 is 2.12 bits per heavy atom. The summed E-state index contributed by atoms with van der Waals surface area (Å²) in [5.41, 5.74) is -0.00709. The molecule has 0 aromatic carbocycles. The molecule has 0 amide bonds. The highest BCUT2D eigenvalue weighted by Crippen LogP contribution is 2.14. The van der Waals surface area contributed by atoms with Crippen molar-refractivity contribution in [2.24, 2.45) is 0 Å². The molecule has 0 aliphatic carbocycles. The maximum Gasteiger partial charge on any atom is 0.420 e. The van der Waals surface area contributed by atoms with E-state index in [0.717, 1.165) is 5.39 Å². The number of carbonyl (C=O) groups excluding carboxylic acids is 1. The molecular formula is C11H13N3O2. The van der Waals surface area contributed by atoms with Gasteiger partial charge in [-0.15, -0.1) is 5.10 Å². The van der Waals surface area contributed by atoms with E-state index in [2.05, 4.69) is 10.2 Å². The molecule has 0 N–H and O–H groups in total. The molecule has 5 heteroatoms. The van der Waals surface area contributed by atoms with Crippen molar-refractivity contribution in [3.8, 4) is 0 Å². The zero-order chi connectivity index (χ0) is 11.8. The highest BCUT2D eigenvalue weighted by molar-refractivity contribution is 5.86. The van der Waals surface area contributed by atoms with E-state index in [0.29, 0.717) is 5.65 Å². The highest BCUT2D eigenvalue weighted by atomic mass is 16.6. The predicted octanol–water partition coefficient (Wildman–Crippen LogP) is 2.21. The van der Waals surface area contributed by atoms with Gasteiger partial charge in [-0.2, -0.15) is 5.10 Å². The highest BCUT2D eigenvalue weighted by Gasteiger charge is 2.19. The van der Waals surface area contributed by atoms with Crippen molar-refractivity contribution in [2.75, 3.05) is 0 Å². The first kappa shape index (κ1) is 10.6. The van der Waals surface area contributed by atoms with Crippen LogP contribution in [-0.4, -0.2) is 26.5 Å². The molecule has 16 heavy (non-hydrogen) atoms. The number of ether oxygens (including phenoxy) is 1.